The highest BCUT2D eigenvalue weighted by atomic mass is 79.9. The van der Waals surface area contributed by atoms with Crippen molar-refractivity contribution in [3.63, 3.8) is 0 Å². The molecule has 0 saturated heterocycles. The monoisotopic (exact) mass is 413 g/mol. The molecule has 3 aromatic carbocycles. The number of nitrogens with one attached hydrogen (secondary N) is 1. The predicted molar refractivity (Wildman–Crippen MR) is 110 cm³/mol. The maximum Gasteiger partial charge on any atom is 0.184 e. The molecular formula is C19H16BrN3OS. The quantitative estimate of drug-likeness (QED) is 0.373. The van der Waals surface area contributed by atoms with E-state index in [1.807, 2.05) is 54.6 Å². The topological polar surface area (TPSA) is 59.6 Å². The van der Waals surface area contributed by atoms with Crippen molar-refractivity contribution >= 4 is 49.7 Å². The van der Waals surface area contributed by atoms with Gasteiger partial charge in [0.05, 0.1) is 0 Å². The summed E-state index contributed by atoms with van der Waals surface area (Å²) in [5, 5.41) is 6.67. The van der Waals surface area contributed by atoms with Crippen molar-refractivity contribution in [3.05, 3.63) is 76.8 Å². The summed E-state index contributed by atoms with van der Waals surface area (Å²) in [7, 11) is 0. The zero-order valence-electron chi connectivity index (χ0n) is 13.3. The highest BCUT2D eigenvalue weighted by Gasteiger charge is 2.07. The number of nitrogens with zero attached hydrogens (tertiary/aromatic N) is 1. The van der Waals surface area contributed by atoms with Crippen molar-refractivity contribution in [1.29, 1.82) is 0 Å². The third-order valence-electron chi connectivity index (χ3n) is 3.57. The molecule has 25 heavy (non-hydrogen) atoms. The van der Waals surface area contributed by atoms with Crippen LogP contribution < -0.4 is 15.9 Å². The Hall–Kier alpha value is -2.44. The summed E-state index contributed by atoms with van der Waals surface area (Å²) in [5.74, 6) is 0.777. The minimum absolute atomic E-state index is 0.111. The number of hydrazone groups is 1. The second-order valence-corrected chi connectivity index (χ2v) is 6.69. The number of benzene rings is 3. The summed E-state index contributed by atoms with van der Waals surface area (Å²) >= 11 is 8.25. The Morgan fingerprint density at radius 3 is 2.48 bits per heavy atom. The summed E-state index contributed by atoms with van der Waals surface area (Å²) in [6, 6.07) is 21.9. The van der Waals surface area contributed by atoms with Crippen LogP contribution in [-0.4, -0.2) is 17.4 Å². The maximum atomic E-state index is 5.93. The third kappa shape index (κ3) is 4.78. The molecular weight excluding hydrogens is 398 g/mol. The smallest absolute Gasteiger partial charge is 0.184 e. The first-order valence-corrected chi connectivity index (χ1v) is 8.81. The van der Waals surface area contributed by atoms with E-state index < -0.39 is 0 Å². The standard InChI is InChI=1S/C19H16BrN3OS/c20-16-8-5-14(6-9-16)18(22-23-19(21)25)12-24-17-10-7-13-3-1-2-4-15(13)11-17/h1-11H,12H2,(H3,21,23,25)/b22-18+. The molecule has 0 heterocycles. The molecule has 3 rings (SSSR count). The number of hydrogen-bond donors (Lipinski definition) is 2. The van der Waals surface area contributed by atoms with Gasteiger partial charge in [-0.3, -0.25) is 5.43 Å². The lowest BCUT2D eigenvalue weighted by Gasteiger charge is -2.11. The van der Waals surface area contributed by atoms with Crippen molar-refractivity contribution in [3.8, 4) is 5.75 Å². The number of hydrogen-bond acceptors (Lipinski definition) is 3. The van der Waals surface area contributed by atoms with E-state index in [0.29, 0.717) is 5.71 Å². The zero-order valence-corrected chi connectivity index (χ0v) is 15.7. The van der Waals surface area contributed by atoms with Gasteiger partial charge in [0.1, 0.15) is 18.1 Å². The van der Waals surface area contributed by atoms with E-state index in [1.165, 1.54) is 5.39 Å². The highest BCUT2D eigenvalue weighted by molar-refractivity contribution is 9.10. The second kappa shape index (κ2) is 8.09. The zero-order chi connectivity index (χ0) is 17.6. The molecule has 0 saturated carbocycles. The molecule has 0 spiro atoms. The molecule has 0 bridgehead atoms. The summed E-state index contributed by atoms with van der Waals surface area (Å²) < 4.78 is 6.92. The van der Waals surface area contributed by atoms with E-state index in [2.05, 4.69) is 38.6 Å². The van der Waals surface area contributed by atoms with E-state index in [0.717, 1.165) is 21.2 Å². The lowest BCUT2D eigenvalue weighted by Crippen LogP contribution is -2.27. The second-order valence-electron chi connectivity index (χ2n) is 5.34. The van der Waals surface area contributed by atoms with Crippen LogP contribution in [0.4, 0.5) is 0 Å². The molecule has 0 radical (unpaired) electrons. The van der Waals surface area contributed by atoms with Crippen molar-refractivity contribution in [2.75, 3.05) is 6.61 Å². The van der Waals surface area contributed by atoms with Gasteiger partial charge in [0.25, 0.3) is 0 Å². The van der Waals surface area contributed by atoms with E-state index in [-0.39, 0.29) is 11.7 Å². The minimum Gasteiger partial charge on any atom is -0.487 e. The summed E-state index contributed by atoms with van der Waals surface area (Å²) in [4.78, 5) is 0. The fourth-order valence-electron chi connectivity index (χ4n) is 2.35. The van der Waals surface area contributed by atoms with Gasteiger partial charge in [0.15, 0.2) is 5.11 Å². The van der Waals surface area contributed by atoms with Gasteiger partial charge in [-0.1, -0.05) is 58.4 Å². The summed E-state index contributed by atoms with van der Waals surface area (Å²) in [6.45, 7) is 0.287. The fourth-order valence-corrected chi connectivity index (χ4v) is 2.66. The molecule has 0 amide bonds. The number of rotatable bonds is 5. The Kier molecular flexibility index (Phi) is 5.63. The molecule has 3 N–H and O–H groups in total. The first kappa shape index (κ1) is 17.4. The van der Waals surface area contributed by atoms with E-state index >= 15 is 0 Å². The van der Waals surface area contributed by atoms with Gasteiger partial charge in [0.2, 0.25) is 0 Å². The van der Waals surface area contributed by atoms with Gasteiger partial charge >= 0.3 is 0 Å². The third-order valence-corrected chi connectivity index (χ3v) is 4.19. The van der Waals surface area contributed by atoms with Crippen LogP contribution >= 0.6 is 28.1 Å². The van der Waals surface area contributed by atoms with Gasteiger partial charge in [-0.25, -0.2) is 0 Å². The van der Waals surface area contributed by atoms with Crippen molar-refractivity contribution in [2.24, 2.45) is 10.8 Å². The van der Waals surface area contributed by atoms with Crippen LogP contribution in [0.5, 0.6) is 5.75 Å². The molecule has 0 unspecified atom stereocenters. The molecule has 0 aromatic heterocycles. The van der Waals surface area contributed by atoms with Crippen LogP contribution in [0, 0.1) is 0 Å². The highest BCUT2D eigenvalue weighted by Crippen LogP contribution is 2.21. The summed E-state index contributed by atoms with van der Waals surface area (Å²) in [5.41, 5.74) is 9.73. The van der Waals surface area contributed by atoms with Crippen LogP contribution in [0.1, 0.15) is 5.56 Å². The Labute approximate surface area is 159 Å². The first-order valence-electron chi connectivity index (χ1n) is 7.61. The number of fused-ring (bicyclic) bond motifs is 1. The lowest BCUT2D eigenvalue weighted by molar-refractivity contribution is 0.377. The Bertz CT molecular complexity index is 925. The molecule has 0 aliphatic heterocycles. The molecule has 4 nitrogen and oxygen atoms in total. The molecule has 0 atom stereocenters. The largest absolute Gasteiger partial charge is 0.487 e. The van der Waals surface area contributed by atoms with E-state index in [4.69, 9.17) is 22.7 Å². The Balaban J connectivity index is 1.80. The van der Waals surface area contributed by atoms with Crippen LogP contribution in [0.15, 0.2) is 76.3 Å². The lowest BCUT2D eigenvalue weighted by atomic mass is 10.1. The molecule has 0 aliphatic carbocycles. The normalized spacial score (nSPS) is 11.3. The van der Waals surface area contributed by atoms with E-state index in [9.17, 15) is 0 Å². The molecule has 6 heteroatoms. The Morgan fingerprint density at radius 1 is 1.04 bits per heavy atom. The average molecular weight is 414 g/mol. The predicted octanol–water partition coefficient (Wildman–Crippen LogP) is 4.22. The SMILES string of the molecule is NC(=S)N/N=C(\COc1ccc2ccccc2c1)c1ccc(Br)cc1. The molecule has 0 fully saturated rings. The minimum atomic E-state index is 0.111. The van der Waals surface area contributed by atoms with Crippen molar-refractivity contribution < 1.29 is 4.74 Å². The Morgan fingerprint density at radius 2 is 1.76 bits per heavy atom. The van der Waals surface area contributed by atoms with Crippen LogP contribution in [0.3, 0.4) is 0 Å². The molecule has 126 valence electrons. The van der Waals surface area contributed by atoms with Gasteiger partial charge in [-0.15, -0.1) is 0 Å². The number of halogens is 1. The van der Waals surface area contributed by atoms with Gasteiger partial charge in [-0.2, -0.15) is 5.10 Å². The van der Waals surface area contributed by atoms with Crippen molar-refractivity contribution in [1.82, 2.24) is 5.43 Å². The maximum absolute atomic E-state index is 5.93. The van der Waals surface area contributed by atoms with Crippen LogP contribution in [0.2, 0.25) is 0 Å². The first-order chi connectivity index (χ1) is 12.1. The van der Waals surface area contributed by atoms with Crippen LogP contribution in [0.25, 0.3) is 10.8 Å². The molecule has 3 aromatic rings. The average Bonchev–Trinajstić information content (AvgIpc) is 2.62. The summed E-state index contributed by atoms with van der Waals surface area (Å²) in [6.07, 6.45) is 0. The number of thiocarbonyl (C=S) groups is 1. The number of ether oxygens (including phenoxy) is 1. The fraction of sp³-hybridized carbons (Fsp3) is 0.0526. The number of nitrogens with two attached hydrogens (primary N) is 1. The van der Waals surface area contributed by atoms with Crippen LogP contribution in [-0.2, 0) is 0 Å². The van der Waals surface area contributed by atoms with Gasteiger partial charge in [-0.05, 0) is 47.3 Å². The van der Waals surface area contributed by atoms with Crippen molar-refractivity contribution in [2.45, 2.75) is 0 Å². The molecule has 0 aliphatic rings. The van der Waals surface area contributed by atoms with Gasteiger partial charge < -0.3 is 10.5 Å². The van der Waals surface area contributed by atoms with Gasteiger partial charge in [0, 0.05) is 10.0 Å². The van der Waals surface area contributed by atoms with E-state index in [1.54, 1.807) is 0 Å².